The van der Waals surface area contributed by atoms with E-state index in [0.717, 1.165) is 32.1 Å². The standard InChI is InChI=1S/C19H36N4O/c1-21(18-5-3-2-4-6-18)19(24)16-23-13-11-22(12-14-23)15-17-7-9-20-10-8-17/h17-18,20H,2-16H2,1H3. The van der Waals surface area contributed by atoms with Gasteiger partial charge in [0.15, 0.2) is 0 Å². The molecule has 0 spiro atoms. The van der Waals surface area contributed by atoms with Crippen molar-refractivity contribution in [3.8, 4) is 0 Å². The van der Waals surface area contributed by atoms with Crippen LogP contribution in [-0.2, 0) is 4.79 Å². The number of amides is 1. The number of carbonyl (C=O) groups is 1. The predicted octanol–water partition coefficient (Wildman–Crippen LogP) is 1.39. The van der Waals surface area contributed by atoms with E-state index in [1.54, 1.807) is 0 Å². The van der Waals surface area contributed by atoms with Crippen molar-refractivity contribution in [2.45, 2.75) is 51.0 Å². The number of hydrogen-bond acceptors (Lipinski definition) is 4. The number of piperidine rings is 1. The van der Waals surface area contributed by atoms with Gasteiger partial charge >= 0.3 is 0 Å². The summed E-state index contributed by atoms with van der Waals surface area (Å²) in [6.45, 7) is 8.61. The van der Waals surface area contributed by atoms with Crippen LogP contribution in [0.1, 0.15) is 44.9 Å². The van der Waals surface area contributed by atoms with Gasteiger partial charge < -0.3 is 15.1 Å². The Balaban J connectivity index is 1.36. The fraction of sp³-hybridized carbons (Fsp3) is 0.947. The van der Waals surface area contributed by atoms with Gasteiger partial charge in [0.2, 0.25) is 5.91 Å². The summed E-state index contributed by atoms with van der Waals surface area (Å²) >= 11 is 0. The highest BCUT2D eigenvalue weighted by atomic mass is 16.2. The van der Waals surface area contributed by atoms with E-state index in [1.165, 1.54) is 64.6 Å². The van der Waals surface area contributed by atoms with Gasteiger partial charge in [0.1, 0.15) is 0 Å². The molecule has 2 aliphatic heterocycles. The molecule has 3 rings (SSSR count). The van der Waals surface area contributed by atoms with Gasteiger partial charge in [-0.05, 0) is 44.7 Å². The first kappa shape index (κ1) is 18.2. The molecule has 3 fully saturated rings. The third kappa shape index (κ3) is 5.17. The third-order valence-electron chi connectivity index (χ3n) is 6.31. The molecule has 2 heterocycles. The van der Waals surface area contributed by atoms with Gasteiger partial charge in [-0.15, -0.1) is 0 Å². The Morgan fingerprint density at radius 3 is 2.25 bits per heavy atom. The second-order valence-electron chi connectivity index (χ2n) is 8.07. The van der Waals surface area contributed by atoms with E-state index < -0.39 is 0 Å². The summed E-state index contributed by atoms with van der Waals surface area (Å²) < 4.78 is 0. The van der Waals surface area contributed by atoms with Crippen LogP contribution in [0.4, 0.5) is 0 Å². The monoisotopic (exact) mass is 336 g/mol. The minimum Gasteiger partial charge on any atom is -0.342 e. The first-order valence-electron chi connectivity index (χ1n) is 10.1. The lowest BCUT2D eigenvalue weighted by Gasteiger charge is -2.38. The molecule has 1 saturated carbocycles. The number of hydrogen-bond donors (Lipinski definition) is 1. The molecule has 0 aromatic rings. The topological polar surface area (TPSA) is 38.8 Å². The van der Waals surface area contributed by atoms with Gasteiger partial charge in [-0.25, -0.2) is 0 Å². The highest BCUT2D eigenvalue weighted by molar-refractivity contribution is 5.78. The second kappa shape index (κ2) is 9.16. The van der Waals surface area contributed by atoms with Crippen molar-refractivity contribution in [2.24, 2.45) is 5.92 Å². The van der Waals surface area contributed by atoms with Crippen LogP contribution in [0.3, 0.4) is 0 Å². The lowest BCUT2D eigenvalue weighted by Crippen LogP contribution is -2.52. The van der Waals surface area contributed by atoms with Gasteiger partial charge in [0, 0.05) is 45.8 Å². The smallest absolute Gasteiger partial charge is 0.236 e. The van der Waals surface area contributed by atoms with Crippen LogP contribution >= 0.6 is 0 Å². The molecule has 1 amide bonds. The first-order valence-corrected chi connectivity index (χ1v) is 10.1. The molecule has 0 unspecified atom stereocenters. The SMILES string of the molecule is CN(C(=O)CN1CCN(CC2CCNCC2)CC1)C1CCCCC1. The van der Waals surface area contributed by atoms with Gasteiger partial charge in [-0.2, -0.15) is 0 Å². The van der Waals surface area contributed by atoms with Crippen LogP contribution in [-0.4, -0.2) is 86.1 Å². The Labute approximate surface area is 147 Å². The van der Waals surface area contributed by atoms with Crippen LogP contribution in [0.5, 0.6) is 0 Å². The maximum absolute atomic E-state index is 12.6. The summed E-state index contributed by atoms with van der Waals surface area (Å²) in [5, 5.41) is 3.45. The lowest BCUT2D eigenvalue weighted by atomic mass is 9.94. The zero-order chi connectivity index (χ0) is 16.8. The molecule has 2 saturated heterocycles. The Bertz CT molecular complexity index is 383. The van der Waals surface area contributed by atoms with E-state index in [4.69, 9.17) is 0 Å². The zero-order valence-electron chi connectivity index (χ0n) is 15.5. The largest absolute Gasteiger partial charge is 0.342 e. The Morgan fingerprint density at radius 2 is 1.58 bits per heavy atom. The molecule has 0 atom stereocenters. The lowest BCUT2D eigenvalue weighted by molar-refractivity contribution is -0.134. The normalized spacial score (nSPS) is 25.7. The fourth-order valence-corrected chi connectivity index (χ4v) is 4.53. The highest BCUT2D eigenvalue weighted by Crippen LogP contribution is 2.22. The van der Waals surface area contributed by atoms with Gasteiger partial charge in [0.05, 0.1) is 6.54 Å². The maximum Gasteiger partial charge on any atom is 0.236 e. The summed E-state index contributed by atoms with van der Waals surface area (Å²) in [5.41, 5.74) is 0. The molecule has 0 aromatic carbocycles. The number of rotatable bonds is 5. The van der Waals surface area contributed by atoms with E-state index >= 15 is 0 Å². The molecule has 5 nitrogen and oxygen atoms in total. The third-order valence-corrected chi connectivity index (χ3v) is 6.31. The molecular formula is C19H36N4O. The first-order chi connectivity index (χ1) is 11.7. The second-order valence-corrected chi connectivity index (χ2v) is 8.07. The molecular weight excluding hydrogens is 300 g/mol. The maximum atomic E-state index is 12.6. The quantitative estimate of drug-likeness (QED) is 0.824. The highest BCUT2D eigenvalue weighted by Gasteiger charge is 2.26. The molecule has 0 radical (unpaired) electrons. The molecule has 0 aromatic heterocycles. The van der Waals surface area contributed by atoms with Crippen LogP contribution in [0.25, 0.3) is 0 Å². The van der Waals surface area contributed by atoms with Crippen LogP contribution in [0.15, 0.2) is 0 Å². The van der Waals surface area contributed by atoms with E-state index in [2.05, 4.69) is 15.1 Å². The van der Waals surface area contributed by atoms with Crippen molar-refractivity contribution in [1.29, 1.82) is 0 Å². The van der Waals surface area contributed by atoms with Crippen LogP contribution in [0, 0.1) is 5.92 Å². The van der Waals surface area contributed by atoms with Crippen molar-refractivity contribution in [2.75, 3.05) is 59.4 Å². The minimum atomic E-state index is 0.328. The Hall–Kier alpha value is -0.650. The van der Waals surface area contributed by atoms with Crippen molar-refractivity contribution in [3.05, 3.63) is 0 Å². The summed E-state index contributed by atoms with van der Waals surface area (Å²) in [6, 6.07) is 0.493. The number of likely N-dealkylation sites (N-methyl/N-ethyl adjacent to an activating group) is 1. The molecule has 0 bridgehead atoms. The molecule has 5 heteroatoms. The summed E-state index contributed by atoms with van der Waals surface area (Å²) in [4.78, 5) is 19.6. The molecule has 3 aliphatic rings. The van der Waals surface area contributed by atoms with E-state index in [0.29, 0.717) is 18.5 Å². The molecule has 24 heavy (non-hydrogen) atoms. The Kier molecular flexibility index (Phi) is 6.93. The van der Waals surface area contributed by atoms with Crippen LogP contribution < -0.4 is 5.32 Å². The fourth-order valence-electron chi connectivity index (χ4n) is 4.53. The average molecular weight is 337 g/mol. The van der Waals surface area contributed by atoms with Gasteiger partial charge in [0.25, 0.3) is 0 Å². The van der Waals surface area contributed by atoms with Crippen LogP contribution in [0.2, 0.25) is 0 Å². The van der Waals surface area contributed by atoms with Crippen molar-refractivity contribution in [3.63, 3.8) is 0 Å². The van der Waals surface area contributed by atoms with E-state index in [9.17, 15) is 4.79 Å². The van der Waals surface area contributed by atoms with Gasteiger partial charge in [-0.3, -0.25) is 9.69 Å². The van der Waals surface area contributed by atoms with E-state index in [-0.39, 0.29) is 0 Å². The average Bonchev–Trinajstić information content (AvgIpc) is 2.64. The summed E-state index contributed by atoms with van der Waals surface area (Å²) in [5.74, 6) is 1.20. The number of nitrogens with zero attached hydrogens (tertiary/aromatic N) is 3. The van der Waals surface area contributed by atoms with Gasteiger partial charge in [-0.1, -0.05) is 19.3 Å². The Morgan fingerprint density at radius 1 is 0.958 bits per heavy atom. The van der Waals surface area contributed by atoms with Crippen molar-refractivity contribution in [1.82, 2.24) is 20.0 Å². The number of piperazine rings is 1. The number of nitrogens with one attached hydrogen (secondary N) is 1. The van der Waals surface area contributed by atoms with E-state index in [1.807, 2.05) is 11.9 Å². The predicted molar refractivity (Wildman–Crippen MR) is 98.1 cm³/mol. The zero-order valence-corrected chi connectivity index (χ0v) is 15.5. The molecule has 1 aliphatic carbocycles. The number of carbonyl (C=O) groups excluding carboxylic acids is 1. The summed E-state index contributed by atoms with van der Waals surface area (Å²) in [6.07, 6.45) is 8.97. The molecule has 1 N–H and O–H groups in total. The summed E-state index contributed by atoms with van der Waals surface area (Å²) in [7, 11) is 2.02. The van der Waals surface area contributed by atoms with Crippen molar-refractivity contribution >= 4 is 5.91 Å². The molecule has 138 valence electrons. The minimum absolute atomic E-state index is 0.328. The van der Waals surface area contributed by atoms with Crippen molar-refractivity contribution < 1.29 is 4.79 Å².